The smallest absolute Gasteiger partial charge is 0.317 e. The van der Waals surface area contributed by atoms with Crippen LogP contribution in [0.2, 0.25) is 0 Å². The normalized spacial score (nSPS) is 21.5. The van der Waals surface area contributed by atoms with Crippen molar-refractivity contribution < 1.29 is 24.0 Å². The number of para-hydroxylation sites is 1. The van der Waals surface area contributed by atoms with Crippen LogP contribution >= 0.6 is 11.3 Å². The summed E-state index contributed by atoms with van der Waals surface area (Å²) in [6.45, 7) is 1.83. The molecule has 0 spiro atoms. The zero-order valence-electron chi connectivity index (χ0n) is 20.0. The van der Waals surface area contributed by atoms with E-state index in [4.69, 9.17) is 4.74 Å². The first-order valence-electron chi connectivity index (χ1n) is 12.0. The van der Waals surface area contributed by atoms with Crippen LogP contribution in [0.25, 0.3) is 0 Å². The minimum absolute atomic E-state index is 0.0557. The second-order valence-corrected chi connectivity index (χ2v) is 9.93. The molecule has 5 rings (SSSR count). The molecule has 3 aromatic rings. The van der Waals surface area contributed by atoms with Crippen molar-refractivity contribution in [2.75, 3.05) is 11.5 Å². The number of carbonyl (C=O) groups is 3. The quantitative estimate of drug-likeness (QED) is 0.189. The molecule has 0 fully saturated rings. The highest BCUT2D eigenvalue weighted by atomic mass is 32.1. The summed E-state index contributed by atoms with van der Waals surface area (Å²) >= 11 is 1.45. The maximum absolute atomic E-state index is 14.2. The number of nitro groups is 1. The highest BCUT2D eigenvalue weighted by molar-refractivity contribution is 7.10. The van der Waals surface area contributed by atoms with Crippen LogP contribution < -0.4 is 4.90 Å². The summed E-state index contributed by atoms with van der Waals surface area (Å²) in [5.74, 6) is -3.48. The van der Waals surface area contributed by atoms with Gasteiger partial charge >= 0.3 is 5.97 Å². The van der Waals surface area contributed by atoms with Crippen molar-refractivity contribution in [3.63, 3.8) is 0 Å². The lowest BCUT2D eigenvalue weighted by molar-refractivity contribution is -0.384. The second kappa shape index (κ2) is 10.1. The Balaban J connectivity index is 1.72. The number of thiophene rings is 1. The van der Waals surface area contributed by atoms with Crippen LogP contribution in [0.4, 0.5) is 11.4 Å². The molecular weight excluding hydrogens is 492 g/mol. The van der Waals surface area contributed by atoms with Gasteiger partial charge in [-0.05, 0) is 42.5 Å². The molecule has 0 unspecified atom stereocenters. The highest BCUT2D eigenvalue weighted by Crippen LogP contribution is 2.50. The SMILES string of the molecule is CCOC(=O)[C@@H]1C(=O)C2=C(C[C@H]1c1cccs1)N(c1ccccc1)C(=O)C[C@H]2c1cccc([N+](=O)[O-])c1. The van der Waals surface area contributed by atoms with Crippen molar-refractivity contribution >= 4 is 40.4 Å². The van der Waals surface area contributed by atoms with Crippen molar-refractivity contribution in [2.45, 2.75) is 31.6 Å². The molecule has 37 heavy (non-hydrogen) atoms. The summed E-state index contributed by atoms with van der Waals surface area (Å²) in [5.41, 5.74) is 1.87. The fourth-order valence-electron chi connectivity index (χ4n) is 5.32. The van der Waals surface area contributed by atoms with Crippen molar-refractivity contribution in [1.82, 2.24) is 0 Å². The van der Waals surface area contributed by atoms with Gasteiger partial charge in [0.2, 0.25) is 5.91 Å². The number of ether oxygens (including phenoxy) is 1. The van der Waals surface area contributed by atoms with E-state index in [9.17, 15) is 24.5 Å². The van der Waals surface area contributed by atoms with E-state index in [-0.39, 0.29) is 31.0 Å². The Kier molecular flexibility index (Phi) is 6.71. The molecule has 0 saturated carbocycles. The maximum atomic E-state index is 14.2. The van der Waals surface area contributed by atoms with Crippen LogP contribution in [0.5, 0.6) is 0 Å². The molecule has 1 aromatic heterocycles. The number of hydrogen-bond donors (Lipinski definition) is 0. The topological polar surface area (TPSA) is 107 Å². The minimum Gasteiger partial charge on any atom is -0.465 e. The molecule has 1 amide bonds. The number of rotatable bonds is 6. The first-order valence-corrected chi connectivity index (χ1v) is 12.9. The minimum atomic E-state index is -1.07. The van der Waals surface area contributed by atoms with Crippen molar-refractivity contribution in [2.24, 2.45) is 5.92 Å². The van der Waals surface area contributed by atoms with Gasteiger partial charge < -0.3 is 4.74 Å². The van der Waals surface area contributed by atoms with E-state index in [1.54, 1.807) is 36.1 Å². The Bertz CT molecular complexity index is 1400. The number of nitrogens with zero attached hydrogens (tertiary/aromatic N) is 2. The van der Waals surface area contributed by atoms with E-state index in [0.717, 1.165) is 4.88 Å². The molecule has 8 nitrogen and oxygen atoms in total. The summed E-state index contributed by atoms with van der Waals surface area (Å²) < 4.78 is 5.34. The van der Waals surface area contributed by atoms with E-state index in [0.29, 0.717) is 22.5 Å². The highest BCUT2D eigenvalue weighted by Gasteiger charge is 2.50. The number of non-ortho nitro benzene ring substituents is 1. The number of allylic oxidation sites excluding steroid dienone is 2. The average Bonchev–Trinajstić information content (AvgIpc) is 3.43. The van der Waals surface area contributed by atoms with Gasteiger partial charge in [-0.15, -0.1) is 11.3 Å². The third-order valence-electron chi connectivity index (χ3n) is 6.87. The molecule has 0 N–H and O–H groups in total. The fourth-order valence-corrected chi connectivity index (χ4v) is 6.18. The Morgan fingerprint density at radius 3 is 2.54 bits per heavy atom. The van der Waals surface area contributed by atoms with Crippen molar-refractivity contribution in [1.29, 1.82) is 0 Å². The van der Waals surface area contributed by atoms with E-state index >= 15 is 0 Å². The van der Waals surface area contributed by atoms with Gasteiger partial charge in [-0.1, -0.05) is 36.4 Å². The lowest BCUT2D eigenvalue weighted by Gasteiger charge is -2.42. The Morgan fingerprint density at radius 1 is 1.08 bits per heavy atom. The summed E-state index contributed by atoms with van der Waals surface area (Å²) in [7, 11) is 0. The third-order valence-corrected chi connectivity index (χ3v) is 7.87. The van der Waals surface area contributed by atoms with E-state index in [1.807, 2.05) is 35.7 Å². The number of anilines is 1. The molecule has 9 heteroatoms. The first-order chi connectivity index (χ1) is 17.9. The Hall–Kier alpha value is -4.11. The average molecular weight is 517 g/mol. The summed E-state index contributed by atoms with van der Waals surface area (Å²) in [5, 5.41) is 13.4. The number of amides is 1. The molecule has 3 atom stereocenters. The van der Waals surface area contributed by atoms with Crippen molar-refractivity contribution in [3.8, 4) is 0 Å². The summed E-state index contributed by atoms with van der Waals surface area (Å²) in [6, 6.07) is 18.8. The van der Waals surface area contributed by atoms with Gasteiger partial charge in [0, 0.05) is 52.2 Å². The molecular formula is C28H24N2O6S. The van der Waals surface area contributed by atoms with Gasteiger partial charge in [-0.2, -0.15) is 0 Å². The largest absolute Gasteiger partial charge is 0.465 e. The molecule has 0 bridgehead atoms. The Labute approximate surface area is 217 Å². The zero-order valence-corrected chi connectivity index (χ0v) is 20.9. The maximum Gasteiger partial charge on any atom is 0.317 e. The lowest BCUT2D eigenvalue weighted by Crippen LogP contribution is -2.46. The molecule has 2 aromatic carbocycles. The van der Waals surface area contributed by atoms with Gasteiger partial charge in [0.1, 0.15) is 5.92 Å². The third kappa shape index (κ3) is 4.46. The number of esters is 1. The number of Topliss-reactive ketones (excluding diaryl/α,β-unsaturated/α-hetero) is 1. The molecule has 0 radical (unpaired) electrons. The number of hydrogen-bond acceptors (Lipinski definition) is 7. The molecule has 1 aliphatic heterocycles. The van der Waals surface area contributed by atoms with E-state index in [1.165, 1.54) is 23.5 Å². The van der Waals surface area contributed by atoms with Crippen LogP contribution in [-0.2, 0) is 19.1 Å². The predicted molar refractivity (Wildman–Crippen MR) is 138 cm³/mol. The van der Waals surface area contributed by atoms with E-state index < -0.39 is 34.4 Å². The molecule has 188 valence electrons. The van der Waals surface area contributed by atoms with Gasteiger partial charge in [0.15, 0.2) is 5.78 Å². The number of nitro benzene ring substituents is 1. The van der Waals surface area contributed by atoms with Gasteiger partial charge in [0.25, 0.3) is 5.69 Å². The Morgan fingerprint density at radius 2 is 1.86 bits per heavy atom. The monoisotopic (exact) mass is 516 g/mol. The second-order valence-electron chi connectivity index (χ2n) is 8.95. The van der Waals surface area contributed by atoms with Crippen LogP contribution in [-0.4, -0.2) is 29.2 Å². The molecule has 0 saturated heterocycles. The number of carbonyl (C=O) groups excluding carboxylic acids is 3. The van der Waals surface area contributed by atoms with Crippen LogP contribution in [0.1, 0.15) is 42.0 Å². The van der Waals surface area contributed by atoms with Crippen LogP contribution in [0, 0.1) is 16.0 Å². The summed E-state index contributed by atoms with van der Waals surface area (Å²) in [4.78, 5) is 54.4. The van der Waals surface area contributed by atoms with Gasteiger partial charge in [0.05, 0.1) is 11.5 Å². The number of benzene rings is 2. The van der Waals surface area contributed by atoms with Crippen molar-refractivity contribution in [3.05, 3.63) is 104 Å². The van der Waals surface area contributed by atoms with Gasteiger partial charge in [-0.3, -0.25) is 29.4 Å². The molecule has 2 aliphatic rings. The predicted octanol–water partition coefficient (Wildman–Crippen LogP) is 5.37. The van der Waals surface area contributed by atoms with E-state index in [2.05, 4.69) is 0 Å². The van der Waals surface area contributed by atoms with Gasteiger partial charge in [-0.25, -0.2) is 0 Å². The lowest BCUT2D eigenvalue weighted by atomic mass is 9.69. The standard InChI is InChI=1S/C28H24N2O6S/c1-2-36-28(33)26-21(23-12-7-13-37-23)15-22-25(27(26)32)20(17-8-6-11-19(14-17)30(34)35)16-24(31)29(22)18-9-4-3-5-10-18/h3-14,20-21,26H,2,15-16H2,1H3/t20-,21-,26-/m0/s1. The summed E-state index contributed by atoms with van der Waals surface area (Å²) in [6.07, 6.45) is 0.219. The van der Waals surface area contributed by atoms with Crippen LogP contribution in [0.3, 0.4) is 0 Å². The first kappa shape index (κ1) is 24.6. The van der Waals surface area contributed by atoms with Crippen LogP contribution in [0.15, 0.2) is 83.4 Å². The molecule has 2 heterocycles. The fraction of sp³-hybridized carbons (Fsp3) is 0.250. The zero-order chi connectivity index (χ0) is 26.1. The molecule has 1 aliphatic carbocycles. The number of ketones is 1.